The maximum atomic E-state index is 13.1. The number of benzene rings is 2. The molecule has 0 fully saturated rings. The van der Waals surface area contributed by atoms with Crippen molar-refractivity contribution in [3.8, 4) is 5.75 Å². The van der Waals surface area contributed by atoms with Crippen LogP contribution in [0.2, 0.25) is 0 Å². The molecule has 222 valence electrons. The molecule has 2 heterocycles. The minimum atomic E-state index is -0.810. The number of amides is 2. The van der Waals surface area contributed by atoms with Gasteiger partial charge in [-0.05, 0) is 67.3 Å². The van der Waals surface area contributed by atoms with Crippen LogP contribution < -0.4 is 15.4 Å². The van der Waals surface area contributed by atoms with Crippen LogP contribution in [0.15, 0.2) is 48.7 Å². The summed E-state index contributed by atoms with van der Waals surface area (Å²) in [6.45, 7) is 7.16. The Hall–Kier alpha value is -3.36. The molecule has 3 aromatic rings. The number of aromatic nitrogens is 1. The van der Waals surface area contributed by atoms with E-state index in [9.17, 15) is 14.7 Å². The largest absolute Gasteiger partial charge is 0.494 e. The van der Waals surface area contributed by atoms with E-state index in [1.807, 2.05) is 29.3 Å². The van der Waals surface area contributed by atoms with E-state index >= 15 is 0 Å². The smallest absolute Gasteiger partial charge is 0.222 e. The van der Waals surface area contributed by atoms with Gasteiger partial charge in [-0.3, -0.25) is 9.59 Å². The summed E-state index contributed by atoms with van der Waals surface area (Å²) in [6.07, 6.45) is 6.22. The Kier molecular flexibility index (Phi) is 11.6. The van der Waals surface area contributed by atoms with Gasteiger partial charge in [0.15, 0.2) is 0 Å². The third kappa shape index (κ3) is 9.07. The molecule has 2 atom stereocenters. The summed E-state index contributed by atoms with van der Waals surface area (Å²) in [5, 5.41) is 18.8. The number of carbonyl (C=O) groups is 2. The molecule has 1 aromatic heterocycles. The summed E-state index contributed by atoms with van der Waals surface area (Å²) in [7, 11) is 0. The number of aromatic amines is 1. The van der Waals surface area contributed by atoms with Crippen molar-refractivity contribution >= 4 is 22.7 Å². The standard InChI is InChI=1S/C33H46N4O4/c1-3-15-37-16-5-6-17-41-27-19-26(28-13-14-35-29(28)21-27)20-30(36-32(39)11-8-12-33(37)40)31(38)23-34-22-25-10-7-9-24(4-2)18-25/h7,9-10,13-14,18-19,21,30-31,34-35,38H,3-6,8,11-12,15-17,20,22-23H2,1-2H3,(H,36,39)/t30-,31+/m0/s1. The number of carbonyl (C=O) groups excluding carboxylic acids is 2. The summed E-state index contributed by atoms with van der Waals surface area (Å²) in [6, 6.07) is 14.0. The molecule has 1 aliphatic heterocycles. The lowest BCUT2D eigenvalue weighted by Gasteiger charge is -2.25. The number of ether oxygens (including phenoxy) is 1. The number of nitrogens with one attached hydrogen (secondary N) is 3. The molecular formula is C33H46N4O4. The molecule has 8 nitrogen and oxygen atoms in total. The molecule has 0 spiro atoms. The number of aliphatic hydroxyl groups is 1. The van der Waals surface area contributed by atoms with Crippen molar-refractivity contribution in [3.63, 3.8) is 0 Å². The molecule has 0 saturated carbocycles. The Morgan fingerprint density at radius 2 is 1.93 bits per heavy atom. The van der Waals surface area contributed by atoms with Gasteiger partial charge in [0.25, 0.3) is 0 Å². The number of rotatable bonds is 8. The van der Waals surface area contributed by atoms with Crippen molar-refractivity contribution in [3.05, 3.63) is 65.4 Å². The Morgan fingerprint density at radius 1 is 1.07 bits per heavy atom. The number of H-pyrrole nitrogens is 1. The SMILES string of the molecule is CCCN1CCCCOc2cc(c3cc[nH]c3c2)C[C@@H]([C@H](O)CNCc2cccc(CC)c2)NC(=O)CCCC1=O. The van der Waals surface area contributed by atoms with Crippen molar-refractivity contribution in [2.24, 2.45) is 0 Å². The summed E-state index contributed by atoms with van der Waals surface area (Å²) in [5.74, 6) is 0.703. The summed E-state index contributed by atoms with van der Waals surface area (Å²) in [4.78, 5) is 31.1. The quantitative estimate of drug-likeness (QED) is 0.324. The molecule has 4 N–H and O–H groups in total. The molecule has 2 aromatic carbocycles. The normalized spacial score (nSPS) is 18.5. The fraction of sp³-hybridized carbons (Fsp3) is 0.515. The Balaban J connectivity index is 1.51. The third-order valence-electron chi connectivity index (χ3n) is 7.79. The number of hydrogen-bond acceptors (Lipinski definition) is 5. The summed E-state index contributed by atoms with van der Waals surface area (Å²) in [5.41, 5.74) is 4.41. The second kappa shape index (κ2) is 15.6. The summed E-state index contributed by atoms with van der Waals surface area (Å²) < 4.78 is 6.14. The van der Waals surface area contributed by atoms with E-state index in [1.165, 1.54) is 5.56 Å². The lowest BCUT2D eigenvalue weighted by Crippen LogP contribution is -2.48. The van der Waals surface area contributed by atoms with Crippen LogP contribution in [0.5, 0.6) is 5.75 Å². The van der Waals surface area contributed by atoms with Gasteiger partial charge in [0, 0.05) is 62.2 Å². The van der Waals surface area contributed by atoms with Crippen LogP contribution in [-0.2, 0) is 29.0 Å². The van der Waals surface area contributed by atoms with Crippen LogP contribution in [0.3, 0.4) is 0 Å². The molecule has 2 amide bonds. The Morgan fingerprint density at radius 3 is 2.76 bits per heavy atom. The van der Waals surface area contributed by atoms with Crippen molar-refractivity contribution in [1.82, 2.24) is 20.5 Å². The van der Waals surface area contributed by atoms with Crippen molar-refractivity contribution in [2.75, 3.05) is 26.2 Å². The van der Waals surface area contributed by atoms with Crippen LogP contribution in [0.4, 0.5) is 0 Å². The molecule has 41 heavy (non-hydrogen) atoms. The van der Waals surface area contributed by atoms with Gasteiger partial charge in [-0.2, -0.15) is 0 Å². The highest BCUT2D eigenvalue weighted by atomic mass is 16.5. The maximum absolute atomic E-state index is 13.1. The van der Waals surface area contributed by atoms with E-state index in [2.05, 4.69) is 53.7 Å². The van der Waals surface area contributed by atoms with Crippen molar-refractivity contribution in [1.29, 1.82) is 0 Å². The molecular weight excluding hydrogens is 516 g/mol. The number of fused-ring (bicyclic) bond motifs is 4. The molecule has 0 radical (unpaired) electrons. The van der Waals surface area contributed by atoms with Crippen LogP contribution in [0.25, 0.3) is 10.9 Å². The highest BCUT2D eigenvalue weighted by Crippen LogP contribution is 2.27. The maximum Gasteiger partial charge on any atom is 0.222 e. The first-order valence-corrected chi connectivity index (χ1v) is 15.2. The fourth-order valence-corrected chi connectivity index (χ4v) is 5.52. The van der Waals surface area contributed by atoms with E-state index in [0.29, 0.717) is 45.5 Å². The van der Waals surface area contributed by atoms with Gasteiger partial charge < -0.3 is 30.4 Å². The number of aliphatic hydroxyl groups excluding tert-OH is 1. The Bertz CT molecular complexity index is 1270. The predicted molar refractivity (Wildman–Crippen MR) is 163 cm³/mol. The molecule has 0 saturated heterocycles. The molecule has 8 heteroatoms. The minimum Gasteiger partial charge on any atom is -0.494 e. The third-order valence-corrected chi connectivity index (χ3v) is 7.79. The van der Waals surface area contributed by atoms with E-state index in [4.69, 9.17) is 4.74 Å². The van der Waals surface area contributed by atoms with Crippen molar-refractivity contribution < 1.29 is 19.4 Å². The molecule has 0 unspecified atom stereocenters. The first kappa shape index (κ1) is 30.6. The lowest BCUT2D eigenvalue weighted by molar-refractivity contribution is -0.131. The van der Waals surface area contributed by atoms with Gasteiger partial charge in [0.1, 0.15) is 5.75 Å². The fourth-order valence-electron chi connectivity index (χ4n) is 5.52. The zero-order chi connectivity index (χ0) is 29.0. The summed E-state index contributed by atoms with van der Waals surface area (Å²) >= 11 is 0. The molecule has 2 bridgehead atoms. The van der Waals surface area contributed by atoms with Crippen LogP contribution in [0, 0.1) is 0 Å². The second-order valence-electron chi connectivity index (χ2n) is 11.1. The zero-order valence-corrected chi connectivity index (χ0v) is 24.6. The number of nitrogens with zero attached hydrogens (tertiary/aromatic N) is 1. The zero-order valence-electron chi connectivity index (χ0n) is 24.6. The number of hydrogen-bond donors (Lipinski definition) is 4. The molecule has 4 rings (SSSR count). The van der Waals surface area contributed by atoms with E-state index < -0.39 is 12.1 Å². The van der Waals surface area contributed by atoms with Crippen LogP contribution in [-0.4, -0.2) is 65.2 Å². The highest BCUT2D eigenvalue weighted by Gasteiger charge is 2.24. The van der Waals surface area contributed by atoms with Crippen LogP contribution in [0.1, 0.15) is 69.1 Å². The average molecular weight is 563 g/mol. The van der Waals surface area contributed by atoms with Crippen molar-refractivity contribution in [2.45, 2.75) is 83.9 Å². The monoisotopic (exact) mass is 562 g/mol. The van der Waals surface area contributed by atoms with Gasteiger partial charge >= 0.3 is 0 Å². The highest BCUT2D eigenvalue weighted by molar-refractivity contribution is 5.85. The van der Waals surface area contributed by atoms with Crippen LogP contribution >= 0.6 is 0 Å². The van der Waals surface area contributed by atoms with Gasteiger partial charge in [0.2, 0.25) is 11.8 Å². The first-order chi connectivity index (χ1) is 20.0. The molecule has 0 aliphatic carbocycles. The number of aryl methyl sites for hydroxylation is 1. The van der Waals surface area contributed by atoms with Gasteiger partial charge in [-0.1, -0.05) is 38.1 Å². The Labute approximate surface area is 243 Å². The topological polar surface area (TPSA) is 107 Å². The van der Waals surface area contributed by atoms with Gasteiger partial charge in [-0.15, -0.1) is 0 Å². The van der Waals surface area contributed by atoms with E-state index in [-0.39, 0.29) is 18.2 Å². The van der Waals surface area contributed by atoms with E-state index in [0.717, 1.165) is 60.0 Å². The molecule has 1 aliphatic rings. The average Bonchev–Trinajstić information content (AvgIpc) is 3.45. The van der Waals surface area contributed by atoms with Gasteiger partial charge in [-0.25, -0.2) is 0 Å². The lowest BCUT2D eigenvalue weighted by atomic mass is 9.97. The predicted octanol–water partition coefficient (Wildman–Crippen LogP) is 4.49. The second-order valence-corrected chi connectivity index (χ2v) is 11.1. The minimum absolute atomic E-state index is 0.0961. The van der Waals surface area contributed by atoms with E-state index in [1.54, 1.807) is 0 Å². The van der Waals surface area contributed by atoms with Gasteiger partial charge in [0.05, 0.1) is 18.8 Å². The first-order valence-electron chi connectivity index (χ1n) is 15.2.